The first-order valence-electron chi connectivity index (χ1n) is 9.45. The van der Waals surface area contributed by atoms with Gasteiger partial charge in [-0.2, -0.15) is 0 Å². The molecule has 0 spiro atoms. The molecule has 0 unspecified atom stereocenters. The lowest BCUT2D eigenvalue weighted by Gasteiger charge is -2.36. The number of anilines is 1. The summed E-state index contributed by atoms with van der Waals surface area (Å²) in [6.07, 6.45) is 1.11. The first kappa shape index (κ1) is 16.9. The maximum Gasteiger partial charge on any atom is 0.124 e. The van der Waals surface area contributed by atoms with Crippen molar-refractivity contribution < 1.29 is 5.11 Å². The number of imidazole rings is 1. The summed E-state index contributed by atoms with van der Waals surface area (Å²) < 4.78 is 2.38. The zero-order valence-electron chi connectivity index (χ0n) is 15.3. The molecular weight excluding hydrogens is 324 g/mol. The van der Waals surface area contributed by atoms with Crippen LogP contribution in [-0.4, -0.2) is 45.7 Å². The van der Waals surface area contributed by atoms with Gasteiger partial charge in [0, 0.05) is 38.4 Å². The number of phenolic OH excluding ortho intramolecular Hbond substituents is 1. The first-order valence-corrected chi connectivity index (χ1v) is 9.45. The Morgan fingerprint density at radius 3 is 2.42 bits per heavy atom. The number of nitrogens with zero attached hydrogens (tertiary/aromatic N) is 4. The number of aromatic hydroxyl groups is 1. The number of hydrogen-bond donors (Lipinski definition) is 1. The predicted molar refractivity (Wildman–Crippen MR) is 106 cm³/mol. The van der Waals surface area contributed by atoms with Crippen LogP contribution < -0.4 is 4.90 Å². The molecule has 3 aromatic rings. The van der Waals surface area contributed by atoms with E-state index >= 15 is 0 Å². The smallest absolute Gasteiger partial charge is 0.124 e. The summed E-state index contributed by atoms with van der Waals surface area (Å²) in [6.45, 7) is 8.18. The SMILES string of the molecule is CCCn1c(CN2CCN(c3ccc(O)cc3)CC2)nc2ccccc21. The third kappa shape index (κ3) is 3.40. The van der Waals surface area contributed by atoms with Crippen LogP contribution in [-0.2, 0) is 13.1 Å². The van der Waals surface area contributed by atoms with E-state index in [0.29, 0.717) is 5.75 Å². The topological polar surface area (TPSA) is 44.5 Å². The number of fused-ring (bicyclic) bond motifs is 1. The summed E-state index contributed by atoms with van der Waals surface area (Å²) in [6, 6.07) is 15.9. The van der Waals surface area contributed by atoms with Crippen LogP contribution in [0.4, 0.5) is 5.69 Å². The van der Waals surface area contributed by atoms with Crippen molar-refractivity contribution in [3.05, 3.63) is 54.4 Å². The number of rotatable bonds is 5. The summed E-state index contributed by atoms with van der Waals surface area (Å²) in [4.78, 5) is 9.76. The molecule has 0 atom stereocenters. The monoisotopic (exact) mass is 350 g/mol. The first-order chi connectivity index (χ1) is 12.7. The number of phenols is 1. The molecule has 5 heteroatoms. The lowest BCUT2D eigenvalue weighted by atomic mass is 10.2. The molecule has 1 fully saturated rings. The summed E-state index contributed by atoms with van der Waals surface area (Å²) in [5, 5.41) is 9.45. The lowest BCUT2D eigenvalue weighted by Crippen LogP contribution is -2.46. The van der Waals surface area contributed by atoms with Gasteiger partial charge in [0.1, 0.15) is 11.6 Å². The molecule has 5 nitrogen and oxygen atoms in total. The van der Waals surface area contributed by atoms with E-state index in [4.69, 9.17) is 4.98 Å². The predicted octanol–water partition coefficient (Wildman–Crippen LogP) is 3.47. The maximum atomic E-state index is 9.45. The lowest BCUT2D eigenvalue weighted by molar-refractivity contribution is 0.241. The Labute approximate surface area is 154 Å². The van der Waals surface area contributed by atoms with Crippen molar-refractivity contribution in [3.63, 3.8) is 0 Å². The molecule has 1 saturated heterocycles. The average Bonchev–Trinajstić information content (AvgIpc) is 3.01. The van der Waals surface area contributed by atoms with E-state index in [1.807, 2.05) is 12.1 Å². The Kier molecular flexibility index (Phi) is 4.80. The zero-order valence-corrected chi connectivity index (χ0v) is 15.3. The second-order valence-corrected chi connectivity index (χ2v) is 6.95. The number of aromatic nitrogens is 2. The normalized spacial score (nSPS) is 15.7. The van der Waals surface area contributed by atoms with Crippen molar-refractivity contribution in [1.82, 2.24) is 14.5 Å². The largest absolute Gasteiger partial charge is 0.508 e. The third-order valence-corrected chi connectivity index (χ3v) is 5.13. The molecule has 136 valence electrons. The minimum Gasteiger partial charge on any atom is -0.508 e. The molecule has 1 N–H and O–H groups in total. The molecule has 0 amide bonds. The van der Waals surface area contributed by atoms with Crippen LogP contribution in [0.15, 0.2) is 48.5 Å². The van der Waals surface area contributed by atoms with Gasteiger partial charge in [-0.25, -0.2) is 4.98 Å². The molecule has 0 radical (unpaired) electrons. The highest BCUT2D eigenvalue weighted by molar-refractivity contribution is 5.75. The second kappa shape index (κ2) is 7.38. The van der Waals surface area contributed by atoms with Crippen molar-refractivity contribution in [2.75, 3.05) is 31.1 Å². The van der Waals surface area contributed by atoms with Gasteiger partial charge in [-0.3, -0.25) is 4.90 Å². The van der Waals surface area contributed by atoms with Crippen LogP contribution in [0.3, 0.4) is 0 Å². The standard InChI is InChI=1S/C21H26N4O/c1-2-11-25-20-6-4-3-5-19(20)22-21(25)16-23-12-14-24(15-13-23)17-7-9-18(26)10-8-17/h3-10,26H,2,11-16H2,1H3. The fourth-order valence-electron chi connectivity index (χ4n) is 3.75. The highest BCUT2D eigenvalue weighted by Crippen LogP contribution is 2.22. The van der Waals surface area contributed by atoms with Gasteiger partial charge in [-0.05, 0) is 42.8 Å². The van der Waals surface area contributed by atoms with Crippen LogP contribution in [0.2, 0.25) is 0 Å². The number of benzene rings is 2. The molecule has 0 aliphatic carbocycles. The van der Waals surface area contributed by atoms with Crippen molar-refractivity contribution >= 4 is 16.7 Å². The van der Waals surface area contributed by atoms with Crippen LogP contribution >= 0.6 is 0 Å². The zero-order chi connectivity index (χ0) is 17.9. The van der Waals surface area contributed by atoms with Crippen LogP contribution in [0.5, 0.6) is 5.75 Å². The Morgan fingerprint density at radius 2 is 1.69 bits per heavy atom. The molecule has 26 heavy (non-hydrogen) atoms. The van der Waals surface area contributed by atoms with E-state index in [1.165, 1.54) is 17.0 Å². The van der Waals surface area contributed by atoms with Crippen molar-refractivity contribution in [2.24, 2.45) is 0 Å². The maximum absolute atomic E-state index is 9.45. The third-order valence-electron chi connectivity index (χ3n) is 5.13. The summed E-state index contributed by atoms with van der Waals surface area (Å²) in [7, 11) is 0. The van der Waals surface area contributed by atoms with Crippen LogP contribution in [0.25, 0.3) is 11.0 Å². The summed E-state index contributed by atoms with van der Waals surface area (Å²) in [5.41, 5.74) is 3.52. The quantitative estimate of drug-likeness (QED) is 0.765. The van der Waals surface area contributed by atoms with Gasteiger partial charge in [0.2, 0.25) is 0 Å². The molecule has 4 rings (SSSR count). The molecule has 0 bridgehead atoms. The van der Waals surface area contributed by atoms with Crippen molar-refractivity contribution in [3.8, 4) is 5.75 Å². The minimum atomic E-state index is 0.321. The highest BCUT2D eigenvalue weighted by atomic mass is 16.3. The number of para-hydroxylation sites is 2. The fraction of sp³-hybridized carbons (Fsp3) is 0.381. The Morgan fingerprint density at radius 1 is 0.962 bits per heavy atom. The van der Waals surface area contributed by atoms with Gasteiger partial charge in [0.25, 0.3) is 0 Å². The van der Waals surface area contributed by atoms with E-state index in [0.717, 1.165) is 51.2 Å². The summed E-state index contributed by atoms with van der Waals surface area (Å²) in [5.74, 6) is 1.49. The fourth-order valence-corrected chi connectivity index (χ4v) is 3.75. The van der Waals surface area contributed by atoms with Gasteiger partial charge < -0.3 is 14.6 Å². The minimum absolute atomic E-state index is 0.321. The van der Waals surface area contributed by atoms with E-state index in [2.05, 4.69) is 45.6 Å². The van der Waals surface area contributed by atoms with Crippen LogP contribution in [0.1, 0.15) is 19.2 Å². The molecule has 1 aliphatic rings. The highest BCUT2D eigenvalue weighted by Gasteiger charge is 2.20. The number of piperazine rings is 1. The Hall–Kier alpha value is -2.53. The van der Waals surface area contributed by atoms with Gasteiger partial charge in [-0.1, -0.05) is 19.1 Å². The molecule has 2 heterocycles. The molecule has 2 aromatic carbocycles. The molecular formula is C21H26N4O. The Bertz CT molecular complexity index is 863. The van der Waals surface area contributed by atoms with Gasteiger partial charge in [0.05, 0.1) is 17.6 Å². The molecule has 1 aliphatic heterocycles. The van der Waals surface area contributed by atoms with E-state index < -0.39 is 0 Å². The Balaban J connectivity index is 1.45. The number of aryl methyl sites for hydroxylation is 1. The summed E-state index contributed by atoms with van der Waals surface area (Å²) >= 11 is 0. The van der Waals surface area contributed by atoms with Crippen LogP contribution in [0, 0.1) is 0 Å². The van der Waals surface area contributed by atoms with E-state index in [9.17, 15) is 5.11 Å². The van der Waals surface area contributed by atoms with Gasteiger partial charge in [-0.15, -0.1) is 0 Å². The molecule has 1 aromatic heterocycles. The van der Waals surface area contributed by atoms with E-state index in [-0.39, 0.29) is 0 Å². The van der Waals surface area contributed by atoms with E-state index in [1.54, 1.807) is 12.1 Å². The average molecular weight is 350 g/mol. The van der Waals surface area contributed by atoms with Gasteiger partial charge >= 0.3 is 0 Å². The van der Waals surface area contributed by atoms with Gasteiger partial charge in [0.15, 0.2) is 0 Å². The number of hydrogen-bond acceptors (Lipinski definition) is 4. The second-order valence-electron chi connectivity index (χ2n) is 6.95. The van der Waals surface area contributed by atoms with Crippen molar-refractivity contribution in [1.29, 1.82) is 0 Å². The van der Waals surface area contributed by atoms with Crippen molar-refractivity contribution in [2.45, 2.75) is 26.4 Å². The molecule has 0 saturated carbocycles.